The number of nitrogens with zero attached hydrogens (tertiary/aromatic N) is 3. The molecule has 0 spiro atoms. The smallest absolute Gasteiger partial charge is 0.338 e. The number of rotatable bonds is 4. The Labute approximate surface area is 207 Å². The van der Waals surface area contributed by atoms with Gasteiger partial charge >= 0.3 is 6.18 Å². The molecule has 0 fully saturated rings. The van der Waals surface area contributed by atoms with Crippen LogP contribution in [0.1, 0.15) is 56.1 Å². The van der Waals surface area contributed by atoms with Crippen molar-refractivity contribution in [3.63, 3.8) is 0 Å². The number of hydrogen-bond donors (Lipinski definition) is 1. The van der Waals surface area contributed by atoms with E-state index in [4.69, 9.17) is 0 Å². The van der Waals surface area contributed by atoms with E-state index in [-0.39, 0.29) is 39.6 Å². The van der Waals surface area contributed by atoms with Crippen molar-refractivity contribution in [1.29, 1.82) is 0 Å². The van der Waals surface area contributed by atoms with Crippen LogP contribution in [0.5, 0.6) is 0 Å². The van der Waals surface area contributed by atoms with Gasteiger partial charge in [-0.3, -0.25) is 4.31 Å². The number of halogens is 3. The molecule has 7 nitrogen and oxygen atoms in total. The fourth-order valence-electron chi connectivity index (χ4n) is 3.90. The zero-order chi connectivity index (χ0) is 26.5. The first-order chi connectivity index (χ1) is 16.7. The van der Waals surface area contributed by atoms with Gasteiger partial charge in [0.25, 0.3) is 10.0 Å². The molecule has 3 aromatic rings. The third-order valence-electron chi connectivity index (χ3n) is 6.08. The summed E-state index contributed by atoms with van der Waals surface area (Å²) in [6, 6.07) is 12.4. The van der Waals surface area contributed by atoms with Gasteiger partial charge in [0.1, 0.15) is 17.6 Å². The van der Waals surface area contributed by atoms with Gasteiger partial charge in [0, 0.05) is 5.56 Å². The fraction of sp³-hybridized carbons (Fsp3) is 0.320. The van der Waals surface area contributed by atoms with Crippen molar-refractivity contribution < 1.29 is 21.6 Å². The Morgan fingerprint density at radius 1 is 1.03 bits per heavy atom. The third kappa shape index (κ3) is 4.79. The molecule has 0 radical (unpaired) electrons. The molecule has 0 saturated heterocycles. The molecular formula is C25H25F3N4O3S. The standard InChI is InChI=1S/C25H25F3N4O3S/c1-15(31-33)16-5-11-20-21(13-16)32(14-17-6-12-22(25(26,27)28)30-23(17)29-20)36(34,35)19-9-7-18(8-10-19)24(2,3)4/h5-13,15H,14H2,1-4H3,(H,29,30). The first kappa shape index (κ1) is 25.6. The van der Waals surface area contributed by atoms with Crippen molar-refractivity contribution in [2.45, 2.75) is 56.8 Å². The van der Waals surface area contributed by atoms with Crippen LogP contribution in [-0.4, -0.2) is 13.4 Å². The van der Waals surface area contributed by atoms with Crippen molar-refractivity contribution in [1.82, 2.24) is 4.98 Å². The predicted molar refractivity (Wildman–Crippen MR) is 132 cm³/mol. The Bertz CT molecular complexity index is 1420. The molecule has 1 unspecified atom stereocenters. The summed E-state index contributed by atoms with van der Waals surface area (Å²) in [5, 5.41) is 5.87. The van der Waals surface area contributed by atoms with Crippen LogP contribution in [0.2, 0.25) is 0 Å². The van der Waals surface area contributed by atoms with Crippen LogP contribution >= 0.6 is 0 Å². The Morgan fingerprint density at radius 2 is 1.69 bits per heavy atom. The summed E-state index contributed by atoms with van der Waals surface area (Å²) in [4.78, 5) is 14.9. The zero-order valence-corrected chi connectivity index (χ0v) is 20.9. The van der Waals surface area contributed by atoms with Crippen molar-refractivity contribution in [2.75, 3.05) is 9.62 Å². The highest BCUT2D eigenvalue weighted by Crippen LogP contribution is 2.41. The van der Waals surface area contributed by atoms with E-state index in [1.54, 1.807) is 25.1 Å². The predicted octanol–water partition coefficient (Wildman–Crippen LogP) is 6.68. The lowest BCUT2D eigenvalue weighted by Gasteiger charge is -2.26. The van der Waals surface area contributed by atoms with Crippen LogP contribution in [-0.2, 0) is 28.2 Å². The Kier molecular flexibility index (Phi) is 6.32. The maximum Gasteiger partial charge on any atom is 0.433 e. The van der Waals surface area contributed by atoms with E-state index in [2.05, 4.69) is 15.5 Å². The second-order valence-electron chi connectivity index (χ2n) is 9.67. The minimum absolute atomic E-state index is 0.0248. The van der Waals surface area contributed by atoms with Gasteiger partial charge < -0.3 is 5.32 Å². The number of nitrogens with one attached hydrogen (secondary N) is 1. The molecule has 0 amide bonds. The van der Waals surface area contributed by atoms with Crippen LogP contribution in [0.15, 0.2) is 64.7 Å². The van der Waals surface area contributed by atoms with Crippen molar-refractivity contribution >= 4 is 27.2 Å². The van der Waals surface area contributed by atoms with Crippen LogP contribution < -0.4 is 9.62 Å². The highest BCUT2D eigenvalue weighted by Gasteiger charge is 2.36. The quantitative estimate of drug-likeness (QED) is 0.389. The normalized spacial score (nSPS) is 14.8. The number of anilines is 3. The average molecular weight is 519 g/mol. The number of pyridine rings is 1. The second-order valence-corrected chi connectivity index (χ2v) is 11.5. The number of aromatic nitrogens is 1. The van der Waals surface area contributed by atoms with E-state index in [1.165, 1.54) is 30.3 Å². The topological polar surface area (TPSA) is 91.7 Å². The van der Waals surface area contributed by atoms with Crippen molar-refractivity contribution in [3.8, 4) is 0 Å². The van der Waals surface area contributed by atoms with E-state index in [0.29, 0.717) is 5.56 Å². The van der Waals surface area contributed by atoms with E-state index >= 15 is 0 Å². The minimum Gasteiger partial charge on any atom is -0.338 e. The van der Waals surface area contributed by atoms with Crippen molar-refractivity contribution in [3.05, 3.63) is 81.9 Å². The number of sulfonamides is 1. The molecule has 4 rings (SSSR count). The number of benzene rings is 2. The lowest BCUT2D eigenvalue weighted by molar-refractivity contribution is -0.141. The molecule has 2 heterocycles. The summed E-state index contributed by atoms with van der Waals surface area (Å²) in [5.41, 5.74) is 0.795. The molecule has 1 aliphatic rings. The first-order valence-electron chi connectivity index (χ1n) is 11.2. The summed E-state index contributed by atoms with van der Waals surface area (Å²) < 4.78 is 68.7. The number of nitroso groups, excluding NO2 is 1. The molecule has 0 saturated carbocycles. The summed E-state index contributed by atoms with van der Waals surface area (Å²) in [6.07, 6.45) is -4.67. The summed E-state index contributed by atoms with van der Waals surface area (Å²) in [5.74, 6) is -0.0961. The van der Waals surface area contributed by atoms with Gasteiger partial charge in [-0.2, -0.15) is 18.1 Å². The molecule has 1 N–H and O–H groups in total. The van der Waals surface area contributed by atoms with Crippen LogP contribution in [0.4, 0.5) is 30.4 Å². The molecule has 1 atom stereocenters. The lowest BCUT2D eigenvalue weighted by Crippen LogP contribution is -2.30. The van der Waals surface area contributed by atoms with Gasteiger partial charge in [0.2, 0.25) is 0 Å². The SMILES string of the molecule is CC(N=O)c1ccc2c(c1)N(S(=O)(=O)c1ccc(C(C)(C)C)cc1)Cc1ccc(C(F)(F)F)nc1N2. The van der Waals surface area contributed by atoms with E-state index in [1.807, 2.05) is 20.8 Å². The molecule has 36 heavy (non-hydrogen) atoms. The number of hydrogen-bond acceptors (Lipinski definition) is 6. The minimum atomic E-state index is -4.67. The number of alkyl halides is 3. The van der Waals surface area contributed by atoms with E-state index in [9.17, 15) is 26.5 Å². The molecule has 1 aliphatic heterocycles. The van der Waals surface area contributed by atoms with Gasteiger partial charge in [-0.25, -0.2) is 13.4 Å². The zero-order valence-electron chi connectivity index (χ0n) is 20.1. The summed E-state index contributed by atoms with van der Waals surface area (Å²) in [6.45, 7) is 7.33. The molecular weight excluding hydrogens is 493 g/mol. The molecule has 11 heteroatoms. The van der Waals surface area contributed by atoms with Gasteiger partial charge in [0.05, 0.1) is 22.8 Å². The third-order valence-corrected chi connectivity index (χ3v) is 7.85. The number of fused-ring (bicyclic) bond motifs is 2. The summed E-state index contributed by atoms with van der Waals surface area (Å²) >= 11 is 0. The molecule has 0 bridgehead atoms. The highest BCUT2D eigenvalue weighted by molar-refractivity contribution is 7.92. The van der Waals surface area contributed by atoms with Crippen LogP contribution in [0, 0.1) is 4.91 Å². The Balaban J connectivity index is 1.88. The lowest BCUT2D eigenvalue weighted by atomic mass is 9.87. The fourth-order valence-corrected chi connectivity index (χ4v) is 5.35. The Morgan fingerprint density at radius 3 is 2.28 bits per heavy atom. The maximum absolute atomic E-state index is 13.9. The van der Waals surface area contributed by atoms with Crippen LogP contribution in [0.3, 0.4) is 0 Å². The molecule has 1 aromatic heterocycles. The van der Waals surface area contributed by atoms with Gasteiger partial charge in [-0.15, -0.1) is 0 Å². The first-order valence-corrected chi connectivity index (χ1v) is 12.6. The van der Waals surface area contributed by atoms with Crippen molar-refractivity contribution in [2.24, 2.45) is 5.18 Å². The molecule has 190 valence electrons. The van der Waals surface area contributed by atoms with Crippen LogP contribution in [0.25, 0.3) is 0 Å². The Hall–Kier alpha value is -3.47. The highest BCUT2D eigenvalue weighted by atomic mass is 32.2. The maximum atomic E-state index is 13.9. The molecule has 0 aliphatic carbocycles. The monoisotopic (exact) mass is 518 g/mol. The van der Waals surface area contributed by atoms with E-state index in [0.717, 1.165) is 15.9 Å². The molecule has 2 aromatic carbocycles. The largest absolute Gasteiger partial charge is 0.433 e. The van der Waals surface area contributed by atoms with Gasteiger partial charge in [0.15, 0.2) is 0 Å². The van der Waals surface area contributed by atoms with Gasteiger partial charge in [-0.1, -0.05) is 50.2 Å². The average Bonchev–Trinajstić information content (AvgIpc) is 2.98. The van der Waals surface area contributed by atoms with E-state index < -0.39 is 27.9 Å². The second kappa shape index (κ2) is 8.88. The van der Waals surface area contributed by atoms with Gasteiger partial charge in [-0.05, 0) is 53.8 Å². The summed E-state index contributed by atoms with van der Waals surface area (Å²) in [7, 11) is -4.16.